The number of aromatic nitrogens is 3. The smallest absolute Gasteiger partial charge is 0.354 e. The lowest BCUT2D eigenvalue weighted by molar-refractivity contribution is 0.736. The van der Waals surface area contributed by atoms with Gasteiger partial charge in [0.25, 0.3) is 0 Å². The number of hydrogen-bond acceptors (Lipinski definition) is 4. The van der Waals surface area contributed by atoms with Crippen LogP contribution in [-0.2, 0) is 0 Å². The first kappa shape index (κ1) is 15.2. The van der Waals surface area contributed by atoms with Crippen LogP contribution in [0.2, 0.25) is 0 Å². The highest BCUT2D eigenvalue weighted by Crippen LogP contribution is 2.16. The minimum atomic E-state index is -0.305. The van der Waals surface area contributed by atoms with Gasteiger partial charge in [-0.05, 0) is 31.4 Å². The van der Waals surface area contributed by atoms with Gasteiger partial charge in [-0.2, -0.15) is 4.98 Å². The second-order valence-electron chi connectivity index (χ2n) is 5.21. The van der Waals surface area contributed by atoms with Crippen molar-refractivity contribution in [3.8, 4) is 5.69 Å². The van der Waals surface area contributed by atoms with Gasteiger partial charge in [0.05, 0.1) is 5.69 Å². The first-order valence-electron chi connectivity index (χ1n) is 7.39. The fourth-order valence-electron chi connectivity index (χ4n) is 2.33. The van der Waals surface area contributed by atoms with E-state index < -0.39 is 0 Å². The van der Waals surface area contributed by atoms with Crippen LogP contribution in [0.5, 0.6) is 0 Å². The molecular weight excluding hydrogens is 264 g/mol. The Morgan fingerprint density at radius 3 is 2.52 bits per heavy atom. The predicted octanol–water partition coefficient (Wildman–Crippen LogP) is 2.85. The van der Waals surface area contributed by atoms with E-state index in [4.69, 9.17) is 0 Å². The molecule has 0 spiro atoms. The Balaban J connectivity index is 2.22. The van der Waals surface area contributed by atoms with Crippen molar-refractivity contribution < 1.29 is 0 Å². The second-order valence-corrected chi connectivity index (χ2v) is 5.21. The van der Waals surface area contributed by atoms with Gasteiger partial charge in [-0.3, -0.25) is 4.57 Å². The van der Waals surface area contributed by atoms with Crippen molar-refractivity contribution in [2.45, 2.75) is 40.0 Å². The van der Waals surface area contributed by atoms with E-state index in [-0.39, 0.29) is 5.69 Å². The molecule has 0 unspecified atom stereocenters. The van der Waals surface area contributed by atoms with Gasteiger partial charge in [-0.1, -0.05) is 38.0 Å². The number of nitrogens with one attached hydrogen (secondary N) is 1. The lowest BCUT2D eigenvalue weighted by Gasteiger charge is -2.12. The van der Waals surface area contributed by atoms with Gasteiger partial charge in [0.2, 0.25) is 5.95 Å². The highest BCUT2D eigenvalue weighted by atomic mass is 16.1. The first-order chi connectivity index (χ1) is 10.1. The molecule has 112 valence electrons. The highest BCUT2D eigenvalue weighted by molar-refractivity contribution is 5.46. The van der Waals surface area contributed by atoms with E-state index in [2.05, 4.69) is 22.2 Å². The second kappa shape index (κ2) is 7.02. The van der Waals surface area contributed by atoms with Gasteiger partial charge in [-0.25, -0.2) is 9.78 Å². The number of nitrogens with zero attached hydrogens (tertiary/aromatic N) is 3. The summed E-state index contributed by atoms with van der Waals surface area (Å²) in [5, 5.41) is 3.09. The predicted molar refractivity (Wildman–Crippen MR) is 85.1 cm³/mol. The van der Waals surface area contributed by atoms with Crippen molar-refractivity contribution in [3.63, 3.8) is 0 Å². The molecule has 1 aromatic carbocycles. The van der Waals surface area contributed by atoms with Crippen LogP contribution in [0.15, 0.2) is 29.3 Å². The molecule has 0 fully saturated rings. The highest BCUT2D eigenvalue weighted by Gasteiger charge is 2.08. The van der Waals surface area contributed by atoms with Crippen LogP contribution in [0.4, 0.5) is 5.95 Å². The van der Waals surface area contributed by atoms with Crippen LogP contribution >= 0.6 is 0 Å². The van der Waals surface area contributed by atoms with E-state index in [0.717, 1.165) is 42.6 Å². The zero-order valence-corrected chi connectivity index (χ0v) is 12.9. The third-order valence-corrected chi connectivity index (χ3v) is 3.45. The number of anilines is 1. The standard InChI is InChI=1S/C16H22N4O/c1-4-5-6-10-17-15-18-11-20(16(21)19-15)14-12(2)8-7-9-13(14)3/h7-9,11H,4-6,10H2,1-3H3,(H,17,19,21). The largest absolute Gasteiger partial charge is 0.356 e. The van der Waals surface area contributed by atoms with Crippen molar-refractivity contribution in [2.75, 3.05) is 11.9 Å². The van der Waals surface area contributed by atoms with Gasteiger partial charge in [0.15, 0.2) is 0 Å². The molecule has 1 heterocycles. The zero-order chi connectivity index (χ0) is 15.2. The van der Waals surface area contributed by atoms with Crippen LogP contribution in [-0.4, -0.2) is 21.1 Å². The van der Waals surface area contributed by atoms with E-state index in [9.17, 15) is 4.79 Å². The van der Waals surface area contributed by atoms with Crippen LogP contribution in [0, 0.1) is 13.8 Å². The molecule has 0 atom stereocenters. The summed E-state index contributed by atoms with van der Waals surface area (Å²) in [6.45, 7) is 6.90. The molecule has 0 saturated carbocycles. The Morgan fingerprint density at radius 2 is 1.90 bits per heavy atom. The van der Waals surface area contributed by atoms with E-state index in [1.165, 1.54) is 4.57 Å². The molecule has 0 aliphatic rings. The third-order valence-electron chi connectivity index (χ3n) is 3.45. The molecule has 5 heteroatoms. The molecule has 0 amide bonds. The van der Waals surface area contributed by atoms with Crippen LogP contribution in [0.25, 0.3) is 5.69 Å². The summed E-state index contributed by atoms with van der Waals surface area (Å²) in [5.41, 5.74) is 2.62. The average Bonchev–Trinajstić information content (AvgIpc) is 2.45. The van der Waals surface area contributed by atoms with Crippen LogP contribution in [0.1, 0.15) is 37.3 Å². The lowest BCUT2D eigenvalue weighted by atomic mass is 10.1. The molecule has 0 bridgehead atoms. The molecule has 1 N–H and O–H groups in total. The summed E-state index contributed by atoms with van der Waals surface area (Å²) < 4.78 is 1.50. The monoisotopic (exact) mass is 286 g/mol. The molecule has 21 heavy (non-hydrogen) atoms. The fourth-order valence-corrected chi connectivity index (χ4v) is 2.33. The minimum Gasteiger partial charge on any atom is -0.354 e. The van der Waals surface area contributed by atoms with Gasteiger partial charge < -0.3 is 5.32 Å². The van der Waals surface area contributed by atoms with Gasteiger partial charge in [0, 0.05) is 6.54 Å². The summed E-state index contributed by atoms with van der Waals surface area (Å²) in [6.07, 6.45) is 4.93. The van der Waals surface area contributed by atoms with Crippen LogP contribution in [0.3, 0.4) is 0 Å². The third kappa shape index (κ3) is 3.68. The number of para-hydroxylation sites is 1. The fraction of sp³-hybridized carbons (Fsp3) is 0.438. The Morgan fingerprint density at radius 1 is 1.19 bits per heavy atom. The summed E-state index contributed by atoms with van der Waals surface area (Å²) in [7, 11) is 0. The SMILES string of the molecule is CCCCCNc1ncn(-c2c(C)cccc2C)c(=O)n1. The molecule has 0 aliphatic carbocycles. The van der Waals surface area contributed by atoms with E-state index in [0.29, 0.717) is 5.95 Å². The van der Waals surface area contributed by atoms with E-state index in [1.54, 1.807) is 6.33 Å². The van der Waals surface area contributed by atoms with Gasteiger partial charge in [0.1, 0.15) is 6.33 Å². The summed E-state index contributed by atoms with van der Waals surface area (Å²) >= 11 is 0. The summed E-state index contributed by atoms with van der Waals surface area (Å²) in [6, 6.07) is 5.93. The van der Waals surface area contributed by atoms with Crippen molar-refractivity contribution in [1.82, 2.24) is 14.5 Å². The van der Waals surface area contributed by atoms with Crippen molar-refractivity contribution >= 4 is 5.95 Å². The molecule has 0 aliphatic heterocycles. The summed E-state index contributed by atoms with van der Waals surface area (Å²) in [5.74, 6) is 0.401. The van der Waals surface area contributed by atoms with Gasteiger partial charge >= 0.3 is 5.69 Å². The molecule has 2 aromatic rings. The zero-order valence-electron chi connectivity index (χ0n) is 12.9. The molecule has 5 nitrogen and oxygen atoms in total. The van der Waals surface area contributed by atoms with E-state index in [1.807, 2.05) is 32.0 Å². The maximum Gasteiger partial charge on any atom is 0.356 e. The van der Waals surface area contributed by atoms with Crippen LogP contribution < -0.4 is 11.0 Å². The van der Waals surface area contributed by atoms with Crippen molar-refractivity contribution in [3.05, 3.63) is 46.1 Å². The molecule has 0 saturated heterocycles. The summed E-state index contributed by atoms with van der Waals surface area (Å²) in [4.78, 5) is 20.5. The molecular formula is C16H22N4O. The number of aryl methyl sites for hydroxylation is 2. The minimum absolute atomic E-state index is 0.305. The lowest BCUT2D eigenvalue weighted by Crippen LogP contribution is -2.25. The number of benzene rings is 1. The maximum absolute atomic E-state index is 12.2. The average molecular weight is 286 g/mol. The quantitative estimate of drug-likeness (QED) is 0.830. The van der Waals surface area contributed by atoms with Crippen molar-refractivity contribution in [1.29, 1.82) is 0 Å². The first-order valence-corrected chi connectivity index (χ1v) is 7.39. The molecule has 2 rings (SSSR count). The maximum atomic E-state index is 12.2. The van der Waals surface area contributed by atoms with E-state index >= 15 is 0 Å². The number of hydrogen-bond donors (Lipinski definition) is 1. The van der Waals surface area contributed by atoms with Gasteiger partial charge in [-0.15, -0.1) is 0 Å². The Hall–Kier alpha value is -2.17. The topological polar surface area (TPSA) is 59.8 Å². The number of rotatable bonds is 6. The number of unbranched alkanes of at least 4 members (excludes halogenated alkanes) is 2. The molecule has 1 aromatic heterocycles. The molecule has 0 radical (unpaired) electrons. The van der Waals surface area contributed by atoms with Crippen molar-refractivity contribution in [2.24, 2.45) is 0 Å². The Bertz CT molecular complexity index is 643. The Kier molecular flexibility index (Phi) is 5.09. The normalized spacial score (nSPS) is 10.6. The Labute approximate surface area is 125 Å².